The van der Waals surface area contributed by atoms with Gasteiger partial charge in [0.15, 0.2) is 0 Å². The number of carbonyl (C=O) groups excluding carboxylic acids is 2. The molecular weight excluding hydrogens is 432 g/mol. The highest BCUT2D eigenvalue weighted by atomic mass is 16.6. The van der Waals surface area contributed by atoms with Crippen molar-refractivity contribution in [3.63, 3.8) is 0 Å². The van der Waals surface area contributed by atoms with Crippen LogP contribution in [0.15, 0.2) is 72.8 Å². The lowest BCUT2D eigenvalue weighted by Crippen LogP contribution is -2.41. The molecule has 0 aromatic heterocycles. The van der Waals surface area contributed by atoms with Crippen LogP contribution in [0.5, 0.6) is 0 Å². The first-order chi connectivity index (χ1) is 16.2. The normalized spacial score (nSPS) is 24.5. The molecule has 0 saturated carbocycles. The number of hydrogen-bond donors (Lipinski definition) is 1. The Kier molecular flexibility index (Phi) is 5.10. The molecule has 1 saturated heterocycles. The molecule has 4 atom stereocenters. The van der Waals surface area contributed by atoms with Gasteiger partial charge in [0, 0.05) is 17.5 Å². The highest BCUT2D eigenvalue weighted by Gasteiger charge is 2.57. The van der Waals surface area contributed by atoms with Gasteiger partial charge in [-0.05, 0) is 54.3 Å². The number of nitro groups is 1. The fourth-order valence-electron chi connectivity index (χ4n) is 5.55. The molecule has 1 aliphatic carbocycles. The summed E-state index contributed by atoms with van der Waals surface area (Å²) in [6, 6.07) is 20.5. The Bertz CT molecular complexity index is 1300. The first-order valence-corrected chi connectivity index (χ1v) is 11.2. The van der Waals surface area contributed by atoms with Gasteiger partial charge in [0.2, 0.25) is 11.8 Å². The summed E-state index contributed by atoms with van der Waals surface area (Å²) in [7, 11) is 0. The number of aliphatic hydroxyl groups excluding tert-OH is 1. The van der Waals surface area contributed by atoms with Gasteiger partial charge in [-0.1, -0.05) is 48.9 Å². The third kappa shape index (κ3) is 3.23. The molecule has 1 N–H and O–H groups in total. The maximum absolute atomic E-state index is 13.6. The van der Waals surface area contributed by atoms with Crippen molar-refractivity contribution in [2.24, 2.45) is 5.92 Å². The van der Waals surface area contributed by atoms with Crippen molar-refractivity contribution in [2.75, 3.05) is 4.90 Å². The van der Waals surface area contributed by atoms with Gasteiger partial charge in [-0.25, -0.2) is 4.90 Å². The van der Waals surface area contributed by atoms with Crippen molar-refractivity contribution in [2.45, 2.75) is 37.7 Å². The van der Waals surface area contributed by atoms with Crippen LogP contribution in [0.4, 0.5) is 11.4 Å². The van der Waals surface area contributed by atoms with E-state index in [4.69, 9.17) is 0 Å². The van der Waals surface area contributed by atoms with E-state index in [0.717, 1.165) is 16.7 Å². The van der Waals surface area contributed by atoms with Crippen molar-refractivity contribution < 1.29 is 19.6 Å². The van der Waals surface area contributed by atoms with E-state index in [1.165, 1.54) is 17.0 Å². The number of para-hydroxylation sites is 1. The van der Waals surface area contributed by atoms with Crippen molar-refractivity contribution >= 4 is 23.2 Å². The Morgan fingerprint density at radius 1 is 1.03 bits per heavy atom. The Balaban J connectivity index is 1.61. The lowest BCUT2D eigenvalue weighted by molar-refractivity contribution is -0.384. The highest BCUT2D eigenvalue weighted by molar-refractivity contribution is 6.24. The summed E-state index contributed by atoms with van der Waals surface area (Å²) in [5.41, 5.74) is 2.68. The summed E-state index contributed by atoms with van der Waals surface area (Å²) in [5.74, 6) is -1.74. The number of non-ortho nitro benzene ring substituents is 1. The zero-order valence-electron chi connectivity index (χ0n) is 18.8. The molecule has 0 unspecified atom stereocenters. The summed E-state index contributed by atoms with van der Waals surface area (Å²) in [5, 5.41) is 22.6. The topological polar surface area (TPSA) is 101 Å². The number of rotatable bonds is 4. The highest BCUT2D eigenvalue weighted by Crippen LogP contribution is 2.55. The zero-order valence-corrected chi connectivity index (χ0v) is 18.8. The minimum absolute atomic E-state index is 0.0593. The second-order valence-electron chi connectivity index (χ2n) is 9.40. The number of anilines is 1. The maximum atomic E-state index is 13.6. The van der Waals surface area contributed by atoms with Gasteiger partial charge in [0.1, 0.15) is 0 Å². The van der Waals surface area contributed by atoms with Crippen molar-refractivity contribution in [1.82, 2.24) is 0 Å². The van der Waals surface area contributed by atoms with E-state index in [9.17, 15) is 24.8 Å². The third-order valence-electron chi connectivity index (χ3n) is 7.27. The fourth-order valence-corrected chi connectivity index (χ4v) is 5.55. The van der Waals surface area contributed by atoms with Crippen LogP contribution in [-0.4, -0.2) is 21.8 Å². The molecule has 2 amide bonds. The number of nitro benzene ring substituents is 1. The van der Waals surface area contributed by atoms with E-state index < -0.39 is 28.3 Å². The molecular formula is C27H24N2O5. The number of aryl methyl sites for hydroxylation is 1. The van der Waals surface area contributed by atoms with E-state index in [2.05, 4.69) is 0 Å². The van der Waals surface area contributed by atoms with Crippen LogP contribution in [0.2, 0.25) is 0 Å². The van der Waals surface area contributed by atoms with Crippen LogP contribution in [0, 0.1) is 23.0 Å². The molecule has 0 bridgehead atoms. The number of nitrogens with zero attached hydrogens (tertiary/aromatic N) is 2. The summed E-state index contributed by atoms with van der Waals surface area (Å²) < 4.78 is 0. The van der Waals surface area contributed by atoms with E-state index in [-0.39, 0.29) is 23.9 Å². The lowest BCUT2D eigenvalue weighted by Gasteiger charge is -2.43. The molecule has 1 aliphatic heterocycles. The van der Waals surface area contributed by atoms with Gasteiger partial charge in [-0.2, -0.15) is 0 Å². The van der Waals surface area contributed by atoms with Crippen molar-refractivity contribution in [3.8, 4) is 0 Å². The van der Waals surface area contributed by atoms with Crippen LogP contribution in [0.3, 0.4) is 0 Å². The van der Waals surface area contributed by atoms with E-state index >= 15 is 0 Å². The molecule has 0 spiro atoms. The van der Waals surface area contributed by atoms with Gasteiger partial charge in [0.25, 0.3) is 5.69 Å². The number of hydrogen-bond acceptors (Lipinski definition) is 5. The summed E-state index contributed by atoms with van der Waals surface area (Å²) in [4.78, 5) is 39.0. The van der Waals surface area contributed by atoms with E-state index in [1.54, 1.807) is 36.4 Å². The van der Waals surface area contributed by atoms with Crippen LogP contribution < -0.4 is 4.90 Å². The van der Waals surface area contributed by atoms with Gasteiger partial charge < -0.3 is 5.11 Å². The molecule has 1 heterocycles. The Hall–Kier alpha value is -3.84. The SMILES string of the molecule is Cc1ccc2c(c1)[C@@H]1C(=O)N(c3ccccc3)C(=O)[C@@H]1C[C@@]2(C)[C@@H](O)c1ccc([N+](=O)[O-])cc1. The molecule has 172 valence electrons. The van der Waals surface area contributed by atoms with E-state index in [0.29, 0.717) is 11.3 Å². The summed E-state index contributed by atoms with van der Waals surface area (Å²) in [6.07, 6.45) is -0.746. The van der Waals surface area contributed by atoms with Gasteiger partial charge >= 0.3 is 0 Å². The predicted octanol–water partition coefficient (Wildman–Crippen LogP) is 4.57. The summed E-state index contributed by atoms with van der Waals surface area (Å²) >= 11 is 0. The van der Waals surface area contributed by atoms with Crippen LogP contribution in [-0.2, 0) is 15.0 Å². The molecule has 1 fully saturated rings. The molecule has 3 aromatic rings. The Morgan fingerprint density at radius 3 is 2.35 bits per heavy atom. The number of benzene rings is 3. The first kappa shape index (κ1) is 22.0. The van der Waals surface area contributed by atoms with Crippen LogP contribution in [0.25, 0.3) is 0 Å². The molecule has 0 radical (unpaired) electrons. The Morgan fingerprint density at radius 2 is 1.71 bits per heavy atom. The minimum atomic E-state index is -1.02. The van der Waals surface area contributed by atoms with Gasteiger partial charge in [-0.15, -0.1) is 0 Å². The smallest absolute Gasteiger partial charge is 0.269 e. The van der Waals surface area contributed by atoms with E-state index in [1.807, 2.05) is 38.1 Å². The van der Waals surface area contributed by atoms with Crippen LogP contribution >= 0.6 is 0 Å². The third-order valence-corrected chi connectivity index (χ3v) is 7.27. The second kappa shape index (κ2) is 7.88. The average molecular weight is 456 g/mol. The first-order valence-electron chi connectivity index (χ1n) is 11.2. The van der Waals surface area contributed by atoms with Crippen molar-refractivity contribution in [3.05, 3.63) is 105 Å². The largest absolute Gasteiger partial charge is 0.387 e. The number of carbonyl (C=O) groups is 2. The molecule has 2 aliphatic rings. The second-order valence-corrected chi connectivity index (χ2v) is 9.40. The summed E-state index contributed by atoms with van der Waals surface area (Å²) in [6.45, 7) is 3.83. The number of imide groups is 1. The van der Waals surface area contributed by atoms with Gasteiger partial charge in [0.05, 0.1) is 28.6 Å². The molecule has 7 nitrogen and oxygen atoms in total. The number of aliphatic hydroxyl groups is 1. The minimum Gasteiger partial charge on any atom is -0.387 e. The maximum Gasteiger partial charge on any atom is 0.269 e. The fraction of sp³-hybridized carbons (Fsp3) is 0.259. The molecule has 3 aromatic carbocycles. The number of amides is 2. The predicted molar refractivity (Wildman–Crippen MR) is 126 cm³/mol. The average Bonchev–Trinajstić information content (AvgIpc) is 3.08. The zero-order chi connectivity index (χ0) is 24.2. The Labute approximate surface area is 196 Å². The monoisotopic (exact) mass is 456 g/mol. The van der Waals surface area contributed by atoms with Gasteiger partial charge in [-0.3, -0.25) is 19.7 Å². The molecule has 34 heavy (non-hydrogen) atoms. The lowest BCUT2D eigenvalue weighted by atomic mass is 9.60. The van der Waals surface area contributed by atoms with Crippen LogP contribution in [0.1, 0.15) is 47.6 Å². The van der Waals surface area contributed by atoms with Crippen molar-refractivity contribution in [1.29, 1.82) is 0 Å². The quantitative estimate of drug-likeness (QED) is 0.352. The number of fused-ring (bicyclic) bond motifs is 3. The standard InChI is InChI=1S/C27H24N2O5/c1-16-8-13-22-20(14-16)23-21(25(31)28(26(23)32)18-6-4-3-5-7-18)15-27(22,2)24(30)17-9-11-19(12-10-17)29(33)34/h3-14,21,23-24,30H,15H2,1-2H3/t21-,23+,24+,27-/m1/s1. The molecule has 5 rings (SSSR count). The molecule has 7 heteroatoms.